The van der Waals surface area contributed by atoms with E-state index in [1.54, 1.807) is 6.26 Å². The molecular weight excluding hydrogens is 599 g/mol. The maximum atomic E-state index is 6.57. The van der Waals surface area contributed by atoms with Crippen molar-refractivity contribution in [2.75, 3.05) is 0 Å². The fourth-order valence-electron chi connectivity index (χ4n) is 8.33. The van der Waals surface area contributed by atoms with E-state index >= 15 is 0 Å². The Morgan fingerprint density at radius 3 is 1.67 bits per heavy atom. The summed E-state index contributed by atoms with van der Waals surface area (Å²) >= 11 is 0. The van der Waals surface area contributed by atoms with Crippen LogP contribution in [0.3, 0.4) is 0 Å². The minimum Gasteiger partial charge on any atom is -0.464 e. The van der Waals surface area contributed by atoms with Crippen molar-refractivity contribution < 1.29 is 8.83 Å². The minimum atomic E-state index is 0.830. The van der Waals surface area contributed by atoms with Crippen LogP contribution in [0.15, 0.2) is 173 Å². The van der Waals surface area contributed by atoms with E-state index in [0.717, 1.165) is 44.2 Å². The van der Waals surface area contributed by atoms with Gasteiger partial charge in [0.25, 0.3) is 0 Å². The van der Waals surface area contributed by atoms with E-state index in [-0.39, 0.29) is 0 Å². The van der Waals surface area contributed by atoms with Crippen LogP contribution >= 0.6 is 0 Å². The summed E-state index contributed by atoms with van der Waals surface area (Å²) in [6, 6.07) is 56.7. The van der Waals surface area contributed by atoms with Gasteiger partial charge < -0.3 is 13.4 Å². The molecule has 0 saturated carbocycles. The lowest BCUT2D eigenvalue weighted by molar-refractivity contribution is 0.615. The average molecular weight is 626 g/mol. The molecule has 0 radical (unpaired) electrons. The van der Waals surface area contributed by atoms with Gasteiger partial charge in [-0.25, -0.2) is 0 Å². The van der Waals surface area contributed by atoms with Crippen LogP contribution in [-0.2, 0) is 0 Å². The highest BCUT2D eigenvalue weighted by molar-refractivity contribution is 6.29. The van der Waals surface area contributed by atoms with Crippen LogP contribution in [0, 0.1) is 0 Å². The van der Waals surface area contributed by atoms with Gasteiger partial charge in [0.05, 0.1) is 22.7 Å². The molecule has 0 aliphatic heterocycles. The van der Waals surface area contributed by atoms with Crippen molar-refractivity contribution in [3.05, 3.63) is 164 Å². The van der Waals surface area contributed by atoms with Crippen molar-refractivity contribution >= 4 is 76.3 Å². The fourth-order valence-corrected chi connectivity index (χ4v) is 8.33. The van der Waals surface area contributed by atoms with Crippen LogP contribution in [0.5, 0.6) is 0 Å². The molecular formula is C46H27NO2. The number of hydrogen-bond acceptors (Lipinski definition) is 2. The van der Waals surface area contributed by atoms with E-state index in [1.807, 2.05) is 6.07 Å². The summed E-state index contributed by atoms with van der Waals surface area (Å²) in [5.41, 5.74) is 11.0. The molecule has 0 aliphatic rings. The van der Waals surface area contributed by atoms with Crippen LogP contribution in [-0.4, -0.2) is 4.57 Å². The summed E-state index contributed by atoms with van der Waals surface area (Å²) in [5, 5.41) is 10.6. The van der Waals surface area contributed by atoms with Gasteiger partial charge in [0.2, 0.25) is 0 Å². The quantitative estimate of drug-likeness (QED) is 0.183. The molecule has 3 nitrogen and oxygen atoms in total. The minimum absolute atomic E-state index is 0.830. The van der Waals surface area contributed by atoms with Gasteiger partial charge in [-0.15, -0.1) is 0 Å². The molecule has 0 atom stereocenters. The molecule has 0 bridgehead atoms. The molecule has 0 fully saturated rings. The van der Waals surface area contributed by atoms with Gasteiger partial charge in [-0.2, -0.15) is 0 Å². The zero-order chi connectivity index (χ0) is 32.1. The Hall–Kier alpha value is -6.58. The van der Waals surface area contributed by atoms with E-state index in [0.29, 0.717) is 0 Å². The number of furan rings is 2. The highest BCUT2D eigenvalue weighted by Gasteiger charge is 2.23. The highest BCUT2D eigenvalue weighted by Crippen LogP contribution is 2.49. The highest BCUT2D eigenvalue weighted by atomic mass is 16.3. The van der Waals surface area contributed by atoms with Gasteiger partial charge in [-0.1, -0.05) is 109 Å². The van der Waals surface area contributed by atoms with Crippen LogP contribution in [0.4, 0.5) is 0 Å². The number of fused-ring (bicyclic) bond motifs is 10. The third-order valence-corrected chi connectivity index (χ3v) is 10.3. The standard InChI is InChI=1S/C46H27NO2/c1-2-12-28(13-3-1)47-38-21-9-8-18-33(38)44-35(19-10-22-39(44)47)42-29-14-4-6-16-31(29)43(32-17-7-5-15-30(32)42)36-20-11-23-41-45(36)37-24-25-40-34(26-27-48-40)46(37)49-41/h1-27H. The molecule has 49 heavy (non-hydrogen) atoms. The van der Waals surface area contributed by atoms with Crippen molar-refractivity contribution in [2.45, 2.75) is 0 Å². The van der Waals surface area contributed by atoms with E-state index < -0.39 is 0 Å². The van der Waals surface area contributed by atoms with Gasteiger partial charge in [-0.05, 0) is 92.3 Å². The van der Waals surface area contributed by atoms with Crippen molar-refractivity contribution in [3.63, 3.8) is 0 Å². The Bertz CT molecular complexity index is 3050. The van der Waals surface area contributed by atoms with Crippen LogP contribution in [0.1, 0.15) is 0 Å². The van der Waals surface area contributed by atoms with E-state index in [2.05, 4.69) is 156 Å². The first-order valence-electron chi connectivity index (χ1n) is 16.7. The molecule has 8 aromatic carbocycles. The molecule has 0 spiro atoms. The first kappa shape index (κ1) is 26.5. The van der Waals surface area contributed by atoms with Crippen LogP contribution in [0.25, 0.3) is 104 Å². The first-order valence-corrected chi connectivity index (χ1v) is 16.7. The Morgan fingerprint density at radius 1 is 0.367 bits per heavy atom. The maximum absolute atomic E-state index is 6.57. The summed E-state index contributed by atoms with van der Waals surface area (Å²) < 4.78 is 14.7. The van der Waals surface area contributed by atoms with Crippen molar-refractivity contribution in [3.8, 4) is 27.9 Å². The van der Waals surface area contributed by atoms with Crippen molar-refractivity contribution in [1.29, 1.82) is 0 Å². The zero-order valence-electron chi connectivity index (χ0n) is 26.4. The molecule has 3 aromatic heterocycles. The van der Waals surface area contributed by atoms with Gasteiger partial charge in [-0.3, -0.25) is 0 Å². The number of benzene rings is 8. The van der Waals surface area contributed by atoms with Crippen LogP contribution in [0.2, 0.25) is 0 Å². The van der Waals surface area contributed by atoms with Gasteiger partial charge >= 0.3 is 0 Å². The third kappa shape index (κ3) is 3.62. The second-order valence-electron chi connectivity index (χ2n) is 12.8. The summed E-state index contributed by atoms with van der Waals surface area (Å²) in [5.74, 6) is 0. The van der Waals surface area contributed by atoms with E-state index in [1.165, 1.54) is 60.0 Å². The number of aromatic nitrogens is 1. The second-order valence-corrected chi connectivity index (χ2v) is 12.8. The SMILES string of the molecule is c1ccc(-n2c3ccccc3c3c(-c4c5ccccc5c(-c5cccc6oc7c8ccoc8ccc7c56)c5ccccc45)cccc32)cc1. The summed E-state index contributed by atoms with van der Waals surface area (Å²) in [6.45, 7) is 0. The van der Waals surface area contributed by atoms with E-state index in [9.17, 15) is 0 Å². The molecule has 0 aliphatic carbocycles. The van der Waals surface area contributed by atoms with Crippen molar-refractivity contribution in [2.24, 2.45) is 0 Å². The summed E-state index contributed by atoms with van der Waals surface area (Å²) in [6.07, 6.45) is 1.73. The largest absolute Gasteiger partial charge is 0.464 e. The molecule has 0 saturated heterocycles. The smallest absolute Gasteiger partial charge is 0.146 e. The Balaban J connectivity index is 1.29. The Kier molecular flexibility index (Phi) is 5.38. The summed E-state index contributed by atoms with van der Waals surface area (Å²) in [7, 11) is 0. The second kappa shape index (κ2) is 9.96. The predicted octanol–water partition coefficient (Wildman–Crippen LogP) is 13.1. The Morgan fingerprint density at radius 2 is 0.959 bits per heavy atom. The first-order chi connectivity index (χ1) is 24.3. The molecule has 3 heteroatoms. The maximum Gasteiger partial charge on any atom is 0.146 e. The number of hydrogen-bond donors (Lipinski definition) is 0. The lowest BCUT2D eigenvalue weighted by Gasteiger charge is -2.19. The lowest BCUT2D eigenvalue weighted by Crippen LogP contribution is -1.94. The lowest BCUT2D eigenvalue weighted by atomic mass is 9.84. The number of para-hydroxylation sites is 2. The monoisotopic (exact) mass is 625 g/mol. The zero-order valence-corrected chi connectivity index (χ0v) is 26.4. The third-order valence-electron chi connectivity index (χ3n) is 10.3. The van der Waals surface area contributed by atoms with E-state index in [4.69, 9.17) is 8.83 Å². The molecule has 11 rings (SSSR count). The van der Waals surface area contributed by atoms with Crippen LogP contribution < -0.4 is 0 Å². The van der Waals surface area contributed by atoms with Crippen molar-refractivity contribution in [1.82, 2.24) is 4.57 Å². The number of nitrogens with zero attached hydrogens (tertiary/aromatic N) is 1. The molecule has 228 valence electrons. The van der Waals surface area contributed by atoms with Gasteiger partial charge in [0.1, 0.15) is 16.7 Å². The average Bonchev–Trinajstić information content (AvgIpc) is 3.88. The topological polar surface area (TPSA) is 31.2 Å². The summed E-state index contributed by atoms with van der Waals surface area (Å²) in [4.78, 5) is 0. The normalized spacial score (nSPS) is 12.1. The molecule has 3 heterocycles. The van der Waals surface area contributed by atoms with Gasteiger partial charge in [0, 0.05) is 27.2 Å². The molecule has 11 aromatic rings. The van der Waals surface area contributed by atoms with Gasteiger partial charge in [0.15, 0.2) is 0 Å². The molecule has 0 N–H and O–H groups in total. The predicted molar refractivity (Wildman–Crippen MR) is 204 cm³/mol. The number of rotatable bonds is 3. The Labute approximate surface area is 280 Å². The molecule has 0 unspecified atom stereocenters. The molecule has 0 amide bonds. The fraction of sp³-hybridized carbons (Fsp3) is 0.